The van der Waals surface area contributed by atoms with Crippen molar-refractivity contribution in [1.29, 1.82) is 0 Å². The van der Waals surface area contributed by atoms with Gasteiger partial charge in [-0.25, -0.2) is 4.98 Å². The van der Waals surface area contributed by atoms with Gasteiger partial charge in [0.05, 0.1) is 0 Å². The number of pyridine rings is 1. The van der Waals surface area contributed by atoms with Crippen molar-refractivity contribution in [2.24, 2.45) is 0 Å². The Kier molecular flexibility index (Phi) is 3.64. The monoisotopic (exact) mass is 320 g/mol. The number of fused-ring (bicyclic) bond motifs is 1. The molecule has 2 aromatic rings. The van der Waals surface area contributed by atoms with Crippen LogP contribution in [-0.4, -0.2) is 29.4 Å². The maximum Gasteiger partial charge on any atom is 0.197 e. The van der Waals surface area contributed by atoms with Gasteiger partial charge in [0.2, 0.25) is 0 Å². The molecule has 2 atom stereocenters. The van der Waals surface area contributed by atoms with Crippen molar-refractivity contribution in [2.45, 2.75) is 11.5 Å². The first-order valence-corrected chi connectivity index (χ1v) is 8.43. The van der Waals surface area contributed by atoms with Gasteiger partial charge in [-0.3, -0.25) is 0 Å². The SMILES string of the molecule is O=P([O-])(O)C(O)(Cc1cnc2ccccn12)P(=O)([O-])O. The highest BCUT2D eigenvalue weighted by atomic mass is 31.2. The first kappa shape index (κ1) is 15.3. The molecular weight excluding hydrogens is 310 g/mol. The van der Waals surface area contributed by atoms with E-state index in [0.717, 1.165) is 6.20 Å². The minimum Gasteiger partial charge on any atom is -0.776 e. The summed E-state index contributed by atoms with van der Waals surface area (Å²) in [5, 5.41) is 6.02. The Labute approximate surface area is 112 Å². The van der Waals surface area contributed by atoms with Crippen LogP contribution in [0.5, 0.6) is 0 Å². The molecule has 11 heteroatoms. The Bertz CT molecular complexity index is 709. The summed E-state index contributed by atoms with van der Waals surface area (Å²) in [5.74, 6) is 0. The summed E-state index contributed by atoms with van der Waals surface area (Å²) in [4.78, 5) is 44.0. The number of aromatic nitrogens is 2. The normalized spacial score (nSPS) is 21.1. The Hall–Kier alpha value is -1.05. The van der Waals surface area contributed by atoms with E-state index in [-0.39, 0.29) is 5.69 Å². The summed E-state index contributed by atoms with van der Waals surface area (Å²) in [5.41, 5.74) is 0.362. The average Bonchev–Trinajstić information content (AvgIpc) is 2.70. The third kappa shape index (κ3) is 2.45. The standard InChI is InChI=1S/C9H12N2O7P2/c12-9(19(13,14)15,20(16,17)18)5-7-6-10-8-3-1-2-4-11(7)8/h1-4,6,12H,5H2,(H2,13,14,15)(H2,16,17,18)/p-2. The van der Waals surface area contributed by atoms with Crippen LogP contribution in [0.25, 0.3) is 5.65 Å². The Balaban J connectivity index is 2.55. The smallest absolute Gasteiger partial charge is 0.197 e. The molecule has 0 aliphatic carbocycles. The lowest BCUT2D eigenvalue weighted by atomic mass is 10.3. The van der Waals surface area contributed by atoms with Gasteiger partial charge in [0.15, 0.2) is 20.3 Å². The van der Waals surface area contributed by atoms with Crippen LogP contribution >= 0.6 is 15.2 Å². The molecule has 0 radical (unpaired) electrons. The highest BCUT2D eigenvalue weighted by Crippen LogP contribution is 2.64. The van der Waals surface area contributed by atoms with Gasteiger partial charge in [0.25, 0.3) is 0 Å². The fourth-order valence-electron chi connectivity index (χ4n) is 1.72. The molecule has 3 N–H and O–H groups in total. The molecule has 110 valence electrons. The summed E-state index contributed by atoms with van der Waals surface area (Å²) in [6.45, 7) is 0. The van der Waals surface area contributed by atoms with Crippen molar-refractivity contribution in [2.75, 3.05) is 0 Å². The van der Waals surface area contributed by atoms with Crippen molar-refractivity contribution < 1.29 is 33.8 Å². The van der Waals surface area contributed by atoms with Gasteiger partial charge in [0.1, 0.15) is 5.65 Å². The van der Waals surface area contributed by atoms with E-state index in [1.165, 1.54) is 10.6 Å². The summed E-state index contributed by atoms with van der Waals surface area (Å²) in [7, 11) is -11.6. The van der Waals surface area contributed by atoms with E-state index < -0.39 is 26.7 Å². The number of hydrogen-bond donors (Lipinski definition) is 3. The molecule has 0 aromatic carbocycles. The van der Waals surface area contributed by atoms with Gasteiger partial charge in [-0.1, -0.05) is 6.07 Å². The zero-order valence-electron chi connectivity index (χ0n) is 9.86. The number of aliphatic hydroxyl groups is 1. The van der Waals surface area contributed by atoms with Crippen LogP contribution < -0.4 is 9.79 Å². The van der Waals surface area contributed by atoms with E-state index in [0.29, 0.717) is 5.65 Å². The quantitative estimate of drug-likeness (QED) is 0.581. The van der Waals surface area contributed by atoms with E-state index in [2.05, 4.69) is 4.98 Å². The van der Waals surface area contributed by atoms with E-state index in [4.69, 9.17) is 9.79 Å². The van der Waals surface area contributed by atoms with E-state index in [9.17, 15) is 24.0 Å². The Morgan fingerprint density at radius 2 is 1.85 bits per heavy atom. The first-order valence-electron chi connectivity index (χ1n) is 5.27. The molecule has 0 bridgehead atoms. The fourth-order valence-corrected chi connectivity index (χ4v) is 3.72. The Morgan fingerprint density at radius 1 is 1.25 bits per heavy atom. The molecular formula is C9H10N2O7P2-2. The minimum absolute atomic E-state index is 0.0154. The second kappa shape index (κ2) is 4.75. The summed E-state index contributed by atoms with van der Waals surface area (Å²) in [6, 6.07) is 4.78. The molecule has 0 saturated carbocycles. The van der Waals surface area contributed by atoms with Gasteiger partial charge in [-0.2, -0.15) is 0 Å². The van der Waals surface area contributed by atoms with Crippen LogP contribution in [0, 0.1) is 0 Å². The first-order chi connectivity index (χ1) is 9.06. The topological polar surface area (TPSA) is 158 Å². The third-order valence-corrected chi connectivity index (χ3v) is 6.46. The van der Waals surface area contributed by atoms with Crippen LogP contribution in [0.2, 0.25) is 0 Å². The van der Waals surface area contributed by atoms with Crippen molar-refractivity contribution >= 4 is 20.8 Å². The molecule has 2 heterocycles. The molecule has 0 amide bonds. The number of rotatable bonds is 4. The highest BCUT2D eigenvalue weighted by molar-refractivity contribution is 7.70. The average molecular weight is 320 g/mol. The van der Waals surface area contributed by atoms with Crippen molar-refractivity contribution in [1.82, 2.24) is 9.38 Å². The lowest BCUT2D eigenvalue weighted by Crippen LogP contribution is -2.39. The second-order valence-electron chi connectivity index (χ2n) is 4.17. The van der Waals surface area contributed by atoms with E-state index in [1.807, 2.05) is 0 Å². The Morgan fingerprint density at radius 3 is 2.40 bits per heavy atom. The molecule has 0 saturated heterocycles. The number of imidazole rings is 1. The number of nitrogens with zero attached hydrogens (tertiary/aromatic N) is 2. The molecule has 2 aromatic heterocycles. The van der Waals surface area contributed by atoms with Gasteiger partial charge in [-0.05, 0) is 12.1 Å². The van der Waals surface area contributed by atoms with Crippen LogP contribution in [0.3, 0.4) is 0 Å². The van der Waals surface area contributed by atoms with Gasteiger partial charge in [0, 0.05) is 24.5 Å². The van der Waals surface area contributed by atoms with Crippen LogP contribution in [0.15, 0.2) is 30.6 Å². The maximum absolute atomic E-state index is 11.1. The minimum atomic E-state index is -5.79. The number of hydrogen-bond acceptors (Lipinski definition) is 6. The highest BCUT2D eigenvalue weighted by Gasteiger charge is 2.47. The molecule has 0 aliphatic rings. The van der Waals surface area contributed by atoms with E-state index in [1.54, 1.807) is 18.2 Å². The summed E-state index contributed by atoms with van der Waals surface area (Å²) >= 11 is 0. The molecule has 9 nitrogen and oxygen atoms in total. The largest absolute Gasteiger partial charge is 0.776 e. The molecule has 0 aliphatic heterocycles. The summed E-state index contributed by atoms with van der Waals surface area (Å²) in [6.07, 6.45) is 1.52. The summed E-state index contributed by atoms with van der Waals surface area (Å²) < 4.78 is 23.6. The lowest BCUT2D eigenvalue weighted by molar-refractivity contribution is -0.226. The van der Waals surface area contributed by atoms with Gasteiger partial charge in [-0.15, -0.1) is 0 Å². The molecule has 0 spiro atoms. The van der Waals surface area contributed by atoms with Crippen molar-refractivity contribution in [3.05, 3.63) is 36.3 Å². The zero-order chi connectivity index (χ0) is 15.2. The molecule has 2 unspecified atom stereocenters. The maximum atomic E-state index is 11.1. The second-order valence-corrected chi connectivity index (χ2v) is 8.08. The van der Waals surface area contributed by atoms with Crippen LogP contribution in [0.4, 0.5) is 0 Å². The van der Waals surface area contributed by atoms with Gasteiger partial charge < -0.3 is 38.2 Å². The van der Waals surface area contributed by atoms with E-state index >= 15 is 0 Å². The lowest BCUT2D eigenvalue weighted by Gasteiger charge is -2.41. The molecule has 20 heavy (non-hydrogen) atoms. The van der Waals surface area contributed by atoms with Gasteiger partial charge >= 0.3 is 0 Å². The third-order valence-electron chi connectivity index (χ3n) is 2.82. The fraction of sp³-hybridized carbons (Fsp3) is 0.222. The zero-order valence-corrected chi connectivity index (χ0v) is 11.6. The van der Waals surface area contributed by atoms with Crippen molar-refractivity contribution in [3.63, 3.8) is 0 Å². The van der Waals surface area contributed by atoms with Crippen molar-refractivity contribution in [3.8, 4) is 0 Å². The molecule has 2 rings (SSSR count). The van der Waals surface area contributed by atoms with Crippen LogP contribution in [0.1, 0.15) is 5.69 Å². The predicted octanol–water partition coefficient (Wildman–Crippen LogP) is -1.39. The predicted molar refractivity (Wildman–Crippen MR) is 63.5 cm³/mol. The van der Waals surface area contributed by atoms with Crippen LogP contribution in [-0.2, 0) is 15.6 Å². The molecule has 0 fully saturated rings.